The van der Waals surface area contributed by atoms with Crippen molar-refractivity contribution in [2.75, 3.05) is 13.1 Å². The molecule has 1 saturated carbocycles. The summed E-state index contributed by atoms with van der Waals surface area (Å²) in [5, 5.41) is 0. The summed E-state index contributed by atoms with van der Waals surface area (Å²) in [7, 11) is 0. The second-order valence-electron chi connectivity index (χ2n) is 9.60. The fourth-order valence-corrected chi connectivity index (χ4v) is 5.46. The number of likely N-dealkylation sites (tertiary alicyclic amines) is 1. The van der Waals surface area contributed by atoms with Gasteiger partial charge in [0.05, 0.1) is 0 Å². The lowest BCUT2D eigenvalue weighted by Crippen LogP contribution is -2.59. The van der Waals surface area contributed by atoms with Crippen LogP contribution in [-0.2, 0) is 22.7 Å². The first-order chi connectivity index (χ1) is 14.0. The van der Waals surface area contributed by atoms with Crippen LogP contribution < -0.4 is 4.72 Å². The molecule has 0 radical (unpaired) electrons. The number of carbonyl (C=O) groups is 1. The average molecular weight is 443 g/mol. The van der Waals surface area contributed by atoms with Crippen LogP contribution in [0.4, 0.5) is 13.6 Å². The highest BCUT2D eigenvalue weighted by atomic mass is 32.2. The molecule has 1 amide bonds. The first kappa shape index (κ1) is 23.3. The summed E-state index contributed by atoms with van der Waals surface area (Å²) in [4.78, 5) is 14.0. The molecule has 2 aliphatic rings. The molecule has 5 nitrogen and oxygen atoms in total. The third-order valence-electron chi connectivity index (χ3n) is 6.37. The fourth-order valence-electron chi connectivity index (χ4n) is 4.48. The maximum atomic E-state index is 15.0. The van der Waals surface area contributed by atoms with E-state index < -0.39 is 45.5 Å². The lowest BCUT2D eigenvalue weighted by atomic mass is 9.74. The van der Waals surface area contributed by atoms with Gasteiger partial charge in [-0.1, -0.05) is 37.3 Å². The van der Waals surface area contributed by atoms with E-state index in [4.69, 9.17) is 4.74 Å². The van der Waals surface area contributed by atoms with Crippen molar-refractivity contribution in [3.63, 3.8) is 0 Å². The summed E-state index contributed by atoms with van der Waals surface area (Å²) < 4.78 is 50.2. The van der Waals surface area contributed by atoms with Gasteiger partial charge in [-0.15, -0.1) is 4.72 Å². The molecule has 1 aliphatic carbocycles. The van der Waals surface area contributed by atoms with Crippen LogP contribution in [0.5, 0.6) is 0 Å². The van der Waals surface area contributed by atoms with E-state index in [1.165, 1.54) is 0 Å². The molecule has 1 heterocycles. The molecule has 1 aliphatic heterocycles. The molecule has 0 aromatic heterocycles. The van der Waals surface area contributed by atoms with E-state index in [2.05, 4.69) is 4.72 Å². The number of halogens is 2. The zero-order chi connectivity index (χ0) is 22.2. The van der Waals surface area contributed by atoms with E-state index in [-0.39, 0.29) is 6.61 Å². The monoisotopic (exact) mass is 442 g/mol. The van der Waals surface area contributed by atoms with E-state index in [1.54, 1.807) is 32.6 Å². The molecule has 3 atom stereocenters. The van der Waals surface area contributed by atoms with Crippen LogP contribution in [-0.4, -0.2) is 45.3 Å². The highest BCUT2D eigenvalue weighted by Gasteiger charge is 2.65. The Labute approximate surface area is 180 Å². The quantitative estimate of drug-likeness (QED) is 0.698. The number of carbonyl (C=O) groups excluding carboxylic acids is 1. The summed E-state index contributed by atoms with van der Waals surface area (Å²) in [6.45, 7) is 7.77. The van der Waals surface area contributed by atoms with E-state index in [1.807, 2.05) is 30.3 Å². The molecular formula is C22H32F2N2O3S. The number of nitrogens with zero attached hydrogens (tertiary/aromatic N) is 1. The average Bonchev–Trinajstić information content (AvgIpc) is 2.87. The van der Waals surface area contributed by atoms with Crippen LogP contribution in [0.15, 0.2) is 30.3 Å². The van der Waals surface area contributed by atoms with E-state index in [0.29, 0.717) is 32.4 Å². The predicted molar refractivity (Wildman–Crippen MR) is 113 cm³/mol. The Balaban J connectivity index is 1.64. The molecule has 30 heavy (non-hydrogen) atoms. The third-order valence-corrected chi connectivity index (χ3v) is 7.93. The predicted octanol–water partition coefficient (Wildman–Crippen LogP) is 4.50. The summed E-state index contributed by atoms with van der Waals surface area (Å²) in [5.41, 5.74) is 0.220. The number of nitrogens with one attached hydrogen (secondary N) is 1. The minimum absolute atomic E-state index is 0.186. The van der Waals surface area contributed by atoms with Gasteiger partial charge in [0.15, 0.2) is 0 Å². The van der Waals surface area contributed by atoms with Gasteiger partial charge in [0.1, 0.15) is 17.4 Å². The molecule has 1 N–H and O–H groups in total. The zero-order valence-corrected chi connectivity index (χ0v) is 18.9. The minimum atomic E-state index is -2.95. The Morgan fingerprint density at radius 2 is 1.87 bits per heavy atom. The van der Waals surface area contributed by atoms with Gasteiger partial charge in [0, 0.05) is 30.4 Å². The normalized spacial score (nSPS) is 26.6. The van der Waals surface area contributed by atoms with Crippen LogP contribution in [0.1, 0.15) is 52.5 Å². The number of ether oxygens (including phenoxy) is 1. The van der Waals surface area contributed by atoms with Crippen LogP contribution >= 0.6 is 0 Å². The zero-order valence-electron chi connectivity index (χ0n) is 18.1. The van der Waals surface area contributed by atoms with Gasteiger partial charge in [0.2, 0.25) is 0 Å². The minimum Gasteiger partial charge on any atom is -0.598 e. The molecule has 0 unspecified atom stereocenters. The maximum absolute atomic E-state index is 15.0. The summed E-state index contributed by atoms with van der Waals surface area (Å²) in [5.74, 6) is -3.75. The van der Waals surface area contributed by atoms with Gasteiger partial charge in [-0.2, -0.15) is 0 Å². The van der Waals surface area contributed by atoms with Gasteiger partial charge < -0.3 is 14.2 Å². The number of alkyl halides is 2. The number of amides is 1. The highest BCUT2D eigenvalue weighted by Crippen LogP contribution is 2.56. The summed E-state index contributed by atoms with van der Waals surface area (Å²) >= 11 is -1.59. The number of benzene rings is 1. The Bertz CT molecular complexity index is 734. The second-order valence-corrected chi connectivity index (χ2v) is 11.6. The maximum Gasteiger partial charge on any atom is 0.410 e. The van der Waals surface area contributed by atoms with E-state index in [0.717, 1.165) is 5.56 Å². The van der Waals surface area contributed by atoms with Crippen LogP contribution in [0.3, 0.4) is 0 Å². The number of rotatable bonds is 4. The highest BCUT2D eigenvalue weighted by molar-refractivity contribution is 7.90. The first-order valence-electron chi connectivity index (χ1n) is 10.5. The van der Waals surface area contributed by atoms with Crippen molar-refractivity contribution in [3.8, 4) is 0 Å². The van der Waals surface area contributed by atoms with Crippen molar-refractivity contribution in [3.05, 3.63) is 35.9 Å². The van der Waals surface area contributed by atoms with Gasteiger partial charge >= 0.3 is 6.09 Å². The topological polar surface area (TPSA) is 64.6 Å². The molecule has 3 rings (SSSR count). The van der Waals surface area contributed by atoms with Crippen molar-refractivity contribution >= 4 is 17.5 Å². The van der Waals surface area contributed by atoms with Crippen molar-refractivity contribution in [2.24, 2.45) is 11.3 Å². The van der Waals surface area contributed by atoms with Gasteiger partial charge in [-0.3, -0.25) is 0 Å². The lowest BCUT2D eigenvalue weighted by molar-refractivity contribution is -0.0643. The van der Waals surface area contributed by atoms with E-state index >= 15 is 8.78 Å². The molecule has 2 fully saturated rings. The molecule has 8 heteroatoms. The van der Waals surface area contributed by atoms with Gasteiger partial charge in [-0.25, -0.2) is 13.6 Å². The number of hydrogen-bond acceptors (Lipinski definition) is 4. The number of piperidine rings is 1. The Hall–Kier alpha value is -1.38. The largest absolute Gasteiger partial charge is 0.598 e. The molecule has 1 aromatic rings. The summed E-state index contributed by atoms with van der Waals surface area (Å²) in [6.07, 6.45) is 0.805. The summed E-state index contributed by atoms with van der Waals surface area (Å²) in [6, 6.07) is 8.25. The van der Waals surface area contributed by atoms with Crippen LogP contribution in [0, 0.1) is 11.3 Å². The molecule has 1 aromatic carbocycles. The third kappa shape index (κ3) is 4.75. The molecule has 168 valence electrons. The van der Waals surface area contributed by atoms with Crippen molar-refractivity contribution in [2.45, 2.75) is 70.3 Å². The first-order valence-corrected chi connectivity index (χ1v) is 11.6. The Morgan fingerprint density at radius 3 is 2.43 bits per heavy atom. The number of hydrogen-bond donors (Lipinski definition) is 1. The van der Waals surface area contributed by atoms with E-state index in [9.17, 15) is 9.35 Å². The molecule has 1 spiro atoms. The van der Waals surface area contributed by atoms with Crippen molar-refractivity contribution in [1.82, 2.24) is 9.62 Å². The van der Waals surface area contributed by atoms with Crippen LogP contribution in [0.25, 0.3) is 0 Å². The smallest absolute Gasteiger partial charge is 0.410 e. The van der Waals surface area contributed by atoms with Crippen molar-refractivity contribution < 1.29 is 22.9 Å². The molecular weight excluding hydrogens is 410 g/mol. The SMILES string of the molecule is C[C@@H]1CC2(CCN(C(=O)OCc3ccccc3)CC2)[C@H](N[S@+]([O-])C(C)(C)C)C1(F)F. The van der Waals surface area contributed by atoms with Gasteiger partial charge in [0.25, 0.3) is 5.92 Å². The standard InChI is InChI=1S/C22H32F2N2O3S/c1-16-14-21(18(22(16,23)24)25-30(28)20(2,3)4)10-12-26(13-11-21)19(27)29-15-17-8-6-5-7-9-17/h5-9,16,18,25H,10-15H2,1-4H3/t16-,18+,30-/m1/s1. The molecule has 0 bridgehead atoms. The lowest BCUT2D eigenvalue weighted by Gasteiger charge is -2.43. The Kier molecular flexibility index (Phi) is 6.70. The van der Waals surface area contributed by atoms with Gasteiger partial charge in [-0.05, 0) is 51.0 Å². The fraction of sp³-hybridized carbons (Fsp3) is 0.682. The van der Waals surface area contributed by atoms with Crippen LogP contribution in [0.2, 0.25) is 0 Å². The van der Waals surface area contributed by atoms with Crippen molar-refractivity contribution in [1.29, 1.82) is 0 Å². The molecule has 1 saturated heterocycles. The Morgan fingerprint density at radius 1 is 1.27 bits per heavy atom. The second kappa shape index (κ2) is 8.63.